The molecule has 0 amide bonds. The number of Topliss-reactive ketones (excluding diaryl/α,β-unsaturated/α-hetero) is 1. The van der Waals surface area contributed by atoms with Crippen LogP contribution in [0.1, 0.15) is 72.1 Å². The molecule has 24 heavy (non-hydrogen) atoms. The Labute approximate surface area is 146 Å². The number of aliphatic hydroxyl groups excluding tert-OH is 2. The van der Waals surface area contributed by atoms with Gasteiger partial charge in [-0.1, -0.05) is 13.8 Å². The molecule has 0 bridgehead atoms. The normalized spacial score (nSPS) is 57.0. The van der Waals surface area contributed by atoms with Crippen molar-refractivity contribution in [2.45, 2.75) is 84.3 Å². The first-order valence-corrected chi connectivity index (χ1v) is 10.1. The maximum atomic E-state index is 12.2. The predicted octanol–water partition coefficient (Wildman–Crippen LogP) is 3.57. The van der Waals surface area contributed by atoms with Crippen LogP contribution in [-0.2, 0) is 4.79 Å². The number of ketones is 1. The molecule has 0 radical (unpaired) electrons. The van der Waals surface area contributed by atoms with Gasteiger partial charge in [-0.15, -0.1) is 0 Å². The fourth-order valence-corrected chi connectivity index (χ4v) is 7.98. The van der Waals surface area contributed by atoms with Crippen LogP contribution in [0.25, 0.3) is 0 Å². The van der Waals surface area contributed by atoms with E-state index in [0.717, 1.165) is 38.0 Å². The Bertz CT molecular complexity index is 531. The van der Waals surface area contributed by atoms with Crippen molar-refractivity contribution in [2.75, 3.05) is 0 Å². The molecule has 0 aliphatic heterocycles. The van der Waals surface area contributed by atoms with E-state index in [0.29, 0.717) is 23.2 Å². The molecule has 0 aromatic rings. The van der Waals surface area contributed by atoms with Gasteiger partial charge in [0.15, 0.2) is 0 Å². The first kappa shape index (κ1) is 17.0. The summed E-state index contributed by atoms with van der Waals surface area (Å²) in [6, 6.07) is 0. The van der Waals surface area contributed by atoms with Crippen molar-refractivity contribution in [3.8, 4) is 0 Å². The quantitative estimate of drug-likeness (QED) is 0.771. The molecule has 4 rings (SSSR count). The highest BCUT2D eigenvalue weighted by molar-refractivity contribution is 5.80. The van der Waals surface area contributed by atoms with Crippen LogP contribution in [0.3, 0.4) is 0 Å². The highest BCUT2D eigenvalue weighted by Crippen LogP contribution is 2.67. The summed E-state index contributed by atoms with van der Waals surface area (Å²) in [7, 11) is 0. The molecular formula is C21H34O3. The molecule has 0 spiro atoms. The molecule has 5 unspecified atom stereocenters. The van der Waals surface area contributed by atoms with E-state index in [2.05, 4.69) is 13.8 Å². The van der Waals surface area contributed by atoms with Crippen LogP contribution in [0.2, 0.25) is 0 Å². The van der Waals surface area contributed by atoms with Crippen molar-refractivity contribution in [3.05, 3.63) is 0 Å². The summed E-state index contributed by atoms with van der Waals surface area (Å²) in [6.45, 7) is 6.44. The van der Waals surface area contributed by atoms with Crippen molar-refractivity contribution >= 4 is 5.78 Å². The zero-order chi connectivity index (χ0) is 17.3. The van der Waals surface area contributed by atoms with Gasteiger partial charge in [0.1, 0.15) is 5.78 Å². The molecule has 4 aliphatic carbocycles. The molecule has 2 N–H and O–H groups in total. The van der Waals surface area contributed by atoms with Crippen molar-refractivity contribution < 1.29 is 15.0 Å². The van der Waals surface area contributed by atoms with Gasteiger partial charge in [-0.2, -0.15) is 0 Å². The topological polar surface area (TPSA) is 57.5 Å². The smallest absolute Gasteiger partial charge is 0.136 e. The lowest BCUT2D eigenvalue weighted by atomic mass is 9.44. The van der Waals surface area contributed by atoms with Gasteiger partial charge < -0.3 is 10.2 Å². The van der Waals surface area contributed by atoms with Gasteiger partial charge in [0.25, 0.3) is 0 Å². The number of aliphatic hydroxyl groups is 2. The molecule has 4 saturated carbocycles. The fourth-order valence-electron chi connectivity index (χ4n) is 7.98. The molecule has 3 heteroatoms. The van der Waals surface area contributed by atoms with Crippen LogP contribution >= 0.6 is 0 Å². The molecule has 0 aromatic carbocycles. The zero-order valence-electron chi connectivity index (χ0n) is 15.5. The highest BCUT2D eigenvalue weighted by atomic mass is 16.3. The lowest BCUT2D eigenvalue weighted by Gasteiger charge is -2.60. The lowest BCUT2D eigenvalue weighted by Crippen LogP contribution is -2.54. The van der Waals surface area contributed by atoms with E-state index in [1.807, 2.05) is 0 Å². The summed E-state index contributed by atoms with van der Waals surface area (Å²) in [5, 5.41) is 20.7. The summed E-state index contributed by atoms with van der Waals surface area (Å²) in [5.41, 5.74) is 0.368. The van der Waals surface area contributed by atoms with E-state index in [4.69, 9.17) is 0 Å². The van der Waals surface area contributed by atoms with Crippen LogP contribution in [0, 0.1) is 40.4 Å². The number of fused-ring (bicyclic) bond motifs is 5. The van der Waals surface area contributed by atoms with Crippen molar-refractivity contribution in [2.24, 2.45) is 40.4 Å². The second kappa shape index (κ2) is 5.54. The Hall–Kier alpha value is -0.410. The van der Waals surface area contributed by atoms with Gasteiger partial charge in [-0.05, 0) is 92.8 Å². The molecule has 0 aromatic heterocycles. The fraction of sp³-hybridized carbons (Fsp3) is 0.952. The third-order valence-corrected chi connectivity index (χ3v) is 9.10. The molecule has 4 fully saturated rings. The highest BCUT2D eigenvalue weighted by Gasteiger charge is 2.62. The monoisotopic (exact) mass is 334 g/mol. The minimum absolute atomic E-state index is 0.00376. The van der Waals surface area contributed by atoms with E-state index >= 15 is 0 Å². The standard InChI is InChI=1S/C21H34O3/c1-12(22)19-18(24)11-17-15-5-4-13-10-14(23)6-8-20(13,2)16(15)7-9-21(17,19)3/h13-19,23-24H,4-11H2,1-3H3/t13?,14-,15?,16?,17?,18-,19?,20-,21-/m0/s1. The molecular weight excluding hydrogens is 300 g/mol. The average Bonchev–Trinajstić information content (AvgIpc) is 2.78. The predicted molar refractivity (Wildman–Crippen MR) is 93.3 cm³/mol. The largest absolute Gasteiger partial charge is 0.393 e. The maximum Gasteiger partial charge on any atom is 0.136 e. The van der Waals surface area contributed by atoms with Crippen molar-refractivity contribution in [3.63, 3.8) is 0 Å². The van der Waals surface area contributed by atoms with Gasteiger partial charge in [-0.3, -0.25) is 4.79 Å². The molecule has 0 heterocycles. The second-order valence-electron chi connectivity index (χ2n) is 10.0. The number of carbonyl (C=O) groups is 1. The number of hydrogen-bond donors (Lipinski definition) is 2. The van der Waals surface area contributed by atoms with Gasteiger partial charge in [-0.25, -0.2) is 0 Å². The first-order chi connectivity index (χ1) is 11.3. The Morgan fingerprint density at radius 3 is 2.33 bits per heavy atom. The molecule has 136 valence electrons. The van der Waals surface area contributed by atoms with Crippen LogP contribution in [0.4, 0.5) is 0 Å². The summed E-state index contributed by atoms with van der Waals surface area (Å²) >= 11 is 0. The van der Waals surface area contributed by atoms with E-state index in [9.17, 15) is 15.0 Å². The average molecular weight is 335 g/mol. The molecule has 3 nitrogen and oxygen atoms in total. The SMILES string of the molecule is CC(=O)C1[C@@H](O)CC2C3CCC4C[C@@H](O)CC[C@]4(C)C3CC[C@@]21C. The zero-order valence-corrected chi connectivity index (χ0v) is 15.5. The molecule has 0 saturated heterocycles. The number of rotatable bonds is 1. The van der Waals surface area contributed by atoms with E-state index in [1.54, 1.807) is 6.92 Å². The summed E-state index contributed by atoms with van der Waals surface area (Å²) in [4.78, 5) is 12.2. The summed E-state index contributed by atoms with van der Waals surface area (Å²) in [5.74, 6) is 2.60. The van der Waals surface area contributed by atoms with Gasteiger partial charge in [0.05, 0.1) is 12.2 Å². The Morgan fingerprint density at radius 2 is 1.62 bits per heavy atom. The van der Waals surface area contributed by atoms with E-state index in [-0.39, 0.29) is 23.2 Å². The van der Waals surface area contributed by atoms with Crippen LogP contribution < -0.4 is 0 Å². The van der Waals surface area contributed by atoms with Crippen molar-refractivity contribution in [1.29, 1.82) is 0 Å². The van der Waals surface area contributed by atoms with Gasteiger partial charge in [0.2, 0.25) is 0 Å². The van der Waals surface area contributed by atoms with E-state index < -0.39 is 6.10 Å². The van der Waals surface area contributed by atoms with Gasteiger partial charge in [0, 0.05) is 5.92 Å². The number of hydrogen-bond acceptors (Lipinski definition) is 3. The molecule has 9 atom stereocenters. The second-order valence-corrected chi connectivity index (χ2v) is 10.0. The Balaban J connectivity index is 1.64. The minimum Gasteiger partial charge on any atom is -0.393 e. The maximum absolute atomic E-state index is 12.2. The number of carbonyl (C=O) groups excluding carboxylic acids is 1. The molecule has 4 aliphatic rings. The Kier molecular flexibility index (Phi) is 3.93. The van der Waals surface area contributed by atoms with Crippen LogP contribution in [0.5, 0.6) is 0 Å². The Morgan fingerprint density at radius 1 is 0.917 bits per heavy atom. The summed E-state index contributed by atoms with van der Waals surface area (Å²) in [6.07, 6.45) is 8.14. The lowest BCUT2D eigenvalue weighted by molar-refractivity contribution is -0.140. The summed E-state index contributed by atoms with van der Waals surface area (Å²) < 4.78 is 0. The minimum atomic E-state index is -0.435. The van der Waals surface area contributed by atoms with Gasteiger partial charge >= 0.3 is 0 Å². The first-order valence-electron chi connectivity index (χ1n) is 10.1. The third kappa shape index (κ3) is 2.19. The van der Waals surface area contributed by atoms with Crippen molar-refractivity contribution in [1.82, 2.24) is 0 Å². The van der Waals surface area contributed by atoms with Crippen LogP contribution in [0.15, 0.2) is 0 Å². The third-order valence-electron chi connectivity index (χ3n) is 9.10. The van der Waals surface area contributed by atoms with E-state index in [1.165, 1.54) is 19.3 Å². The van der Waals surface area contributed by atoms with Crippen LogP contribution in [-0.4, -0.2) is 28.2 Å².